The van der Waals surface area contributed by atoms with Gasteiger partial charge in [0.1, 0.15) is 0 Å². The third-order valence-electron chi connectivity index (χ3n) is 2.59. The highest BCUT2D eigenvalue weighted by Gasteiger charge is 2.82. The molecule has 0 unspecified atom stereocenters. The van der Waals surface area contributed by atoms with E-state index in [9.17, 15) is 57.1 Å². The molecule has 0 radical (unpaired) electrons. The maximum atomic E-state index is 13.3. The van der Waals surface area contributed by atoms with E-state index < -0.39 is 58.8 Å². The molecule has 23 heavy (non-hydrogen) atoms. The lowest BCUT2D eigenvalue weighted by molar-refractivity contribution is -0.400. The van der Waals surface area contributed by atoms with E-state index >= 15 is 0 Å². The van der Waals surface area contributed by atoms with Gasteiger partial charge in [-0.25, -0.2) is 17.6 Å². The van der Waals surface area contributed by atoms with E-state index in [0.717, 1.165) is 0 Å². The molecule has 0 saturated heterocycles. The molecular formula is C10HF13. The van der Waals surface area contributed by atoms with Crippen molar-refractivity contribution in [2.24, 2.45) is 0 Å². The smallest absolute Gasteiger partial charge is 0.204 e. The van der Waals surface area contributed by atoms with Gasteiger partial charge in [0.05, 0.1) is 5.56 Å². The van der Waals surface area contributed by atoms with Crippen molar-refractivity contribution in [2.45, 2.75) is 23.9 Å². The number of halogens is 13. The van der Waals surface area contributed by atoms with E-state index in [2.05, 4.69) is 0 Å². The Morgan fingerprint density at radius 1 is 0.565 bits per heavy atom. The van der Waals surface area contributed by atoms with Crippen molar-refractivity contribution in [1.82, 2.24) is 0 Å². The molecule has 1 rings (SSSR count). The minimum absolute atomic E-state index is 1.14. The SMILES string of the molecule is Fc1cc(C(F)(F)C(F)(F)C(F)(F)C(F)(F)F)c(F)c(F)c1F. The summed E-state index contributed by atoms with van der Waals surface area (Å²) in [6, 6.07) is -1.14. The first-order chi connectivity index (χ1) is 10.00. The summed E-state index contributed by atoms with van der Waals surface area (Å²) in [4.78, 5) is 0. The Morgan fingerprint density at radius 2 is 1.00 bits per heavy atom. The quantitative estimate of drug-likeness (QED) is 0.393. The molecule has 0 heterocycles. The lowest BCUT2D eigenvalue weighted by atomic mass is 9.96. The number of rotatable bonds is 3. The molecule has 0 aliphatic rings. The highest BCUT2D eigenvalue weighted by Crippen LogP contribution is 2.57. The minimum atomic E-state index is -7.39. The molecule has 0 aliphatic heterocycles. The van der Waals surface area contributed by atoms with Crippen LogP contribution in [0.3, 0.4) is 0 Å². The monoisotopic (exact) mass is 368 g/mol. The second kappa shape index (κ2) is 5.16. The molecule has 0 saturated carbocycles. The van der Waals surface area contributed by atoms with Gasteiger partial charge in [-0.3, -0.25) is 0 Å². The predicted octanol–water partition coefficient (Wildman–Crippen LogP) is 5.17. The van der Waals surface area contributed by atoms with Crippen LogP contribution in [0.4, 0.5) is 57.1 Å². The highest BCUT2D eigenvalue weighted by atomic mass is 19.4. The Balaban J connectivity index is 3.66. The van der Waals surface area contributed by atoms with Crippen molar-refractivity contribution in [2.75, 3.05) is 0 Å². The normalized spacial score (nSPS) is 14.3. The molecule has 13 heteroatoms. The summed E-state index contributed by atoms with van der Waals surface area (Å²) in [5.41, 5.74) is -3.21. The zero-order valence-electron chi connectivity index (χ0n) is 9.99. The third-order valence-corrected chi connectivity index (χ3v) is 2.59. The van der Waals surface area contributed by atoms with Gasteiger partial charge < -0.3 is 0 Å². The maximum Gasteiger partial charge on any atom is 0.460 e. The van der Waals surface area contributed by atoms with Gasteiger partial charge in [0.25, 0.3) is 0 Å². The lowest BCUT2D eigenvalue weighted by Gasteiger charge is -2.33. The standard InChI is InChI=1S/C10HF13/c11-3-1-2(4(12)6(14)5(3)13)7(15,16)8(17,18)9(19,20)10(21,22)23/h1H. The van der Waals surface area contributed by atoms with Crippen LogP contribution in [0.25, 0.3) is 0 Å². The lowest BCUT2D eigenvalue weighted by Crippen LogP contribution is -2.59. The third kappa shape index (κ3) is 2.59. The van der Waals surface area contributed by atoms with E-state index in [1.54, 1.807) is 0 Å². The molecule has 0 atom stereocenters. The van der Waals surface area contributed by atoms with E-state index in [-0.39, 0.29) is 0 Å². The fraction of sp³-hybridized carbons (Fsp3) is 0.400. The van der Waals surface area contributed by atoms with Gasteiger partial charge in [0.15, 0.2) is 23.3 Å². The van der Waals surface area contributed by atoms with Crippen molar-refractivity contribution in [3.63, 3.8) is 0 Å². The Hall–Kier alpha value is -1.69. The molecule has 1 aromatic rings. The van der Waals surface area contributed by atoms with Crippen LogP contribution in [-0.2, 0) is 5.92 Å². The van der Waals surface area contributed by atoms with Crippen LogP contribution >= 0.6 is 0 Å². The average molecular weight is 368 g/mol. The van der Waals surface area contributed by atoms with Crippen LogP contribution in [0.2, 0.25) is 0 Å². The Bertz CT molecular complexity index is 612. The average Bonchev–Trinajstić information content (AvgIpc) is 2.38. The van der Waals surface area contributed by atoms with E-state index in [0.29, 0.717) is 0 Å². The summed E-state index contributed by atoms with van der Waals surface area (Å²) in [6.45, 7) is 0. The van der Waals surface area contributed by atoms with Crippen LogP contribution in [-0.4, -0.2) is 18.0 Å². The van der Waals surface area contributed by atoms with Crippen molar-refractivity contribution in [1.29, 1.82) is 0 Å². The highest BCUT2D eigenvalue weighted by molar-refractivity contribution is 5.29. The van der Waals surface area contributed by atoms with Crippen molar-refractivity contribution >= 4 is 0 Å². The molecule has 0 bridgehead atoms. The second-order valence-electron chi connectivity index (χ2n) is 4.07. The first-order valence-corrected chi connectivity index (χ1v) is 5.03. The zero-order valence-corrected chi connectivity index (χ0v) is 9.99. The summed E-state index contributed by atoms with van der Waals surface area (Å²) >= 11 is 0. The van der Waals surface area contributed by atoms with Gasteiger partial charge in [0.2, 0.25) is 0 Å². The molecular weight excluding hydrogens is 367 g/mol. The molecule has 132 valence electrons. The maximum absolute atomic E-state index is 13.3. The van der Waals surface area contributed by atoms with Gasteiger partial charge in [-0.1, -0.05) is 0 Å². The van der Waals surface area contributed by atoms with Crippen molar-refractivity contribution in [3.05, 3.63) is 34.9 Å². The summed E-state index contributed by atoms with van der Waals surface area (Å²) in [7, 11) is 0. The fourth-order valence-corrected chi connectivity index (χ4v) is 1.35. The molecule has 1 aromatic carbocycles. The summed E-state index contributed by atoms with van der Waals surface area (Å²) < 4.78 is 164. The summed E-state index contributed by atoms with van der Waals surface area (Å²) in [5, 5.41) is 0. The van der Waals surface area contributed by atoms with E-state index in [4.69, 9.17) is 0 Å². The van der Waals surface area contributed by atoms with Crippen LogP contribution < -0.4 is 0 Å². The molecule has 0 amide bonds. The molecule has 0 fully saturated rings. The van der Waals surface area contributed by atoms with Gasteiger partial charge in [0, 0.05) is 0 Å². The predicted molar refractivity (Wildman–Crippen MR) is 46.1 cm³/mol. The van der Waals surface area contributed by atoms with E-state index in [1.807, 2.05) is 0 Å². The fourth-order valence-electron chi connectivity index (χ4n) is 1.35. The van der Waals surface area contributed by atoms with Crippen LogP contribution in [0.5, 0.6) is 0 Å². The van der Waals surface area contributed by atoms with Crippen LogP contribution in [0.1, 0.15) is 5.56 Å². The molecule has 0 N–H and O–H groups in total. The number of hydrogen-bond acceptors (Lipinski definition) is 0. The van der Waals surface area contributed by atoms with Gasteiger partial charge in [-0.2, -0.15) is 39.5 Å². The molecule has 0 aromatic heterocycles. The van der Waals surface area contributed by atoms with E-state index in [1.165, 1.54) is 0 Å². The first kappa shape index (κ1) is 19.4. The van der Waals surface area contributed by atoms with Crippen LogP contribution in [0.15, 0.2) is 6.07 Å². The number of alkyl halides is 9. The Labute approximate surface area is 117 Å². The summed E-state index contributed by atoms with van der Waals surface area (Å²) in [5.74, 6) is -33.3. The molecule has 0 nitrogen and oxygen atoms in total. The number of hydrogen-bond donors (Lipinski definition) is 0. The Morgan fingerprint density at radius 3 is 1.39 bits per heavy atom. The largest absolute Gasteiger partial charge is 0.460 e. The van der Waals surface area contributed by atoms with Gasteiger partial charge in [-0.05, 0) is 6.07 Å². The second-order valence-corrected chi connectivity index (χ2v) is 4.07. The Kier molecular flexibility index (Phi) is 4.34. The first-order valence-electron chi connectivity index (χ1n) is 5.03. The summed E-state index contributed by atoms with van der Waals surface area (Å²) in [6.07, 6.45) is -7.20. The van der Waals surface area contributed by atoms with Gasteiger partial charge in [-0.15, -0.1) is 0 Å². The minimum Gasteiger partial charge on any atom is -0.204 e. The van der Waals surface area contributed by atoms with Gasteiger partial charge >= 0.3 is 23.9 Å². The number of benzene rings is 1. The zero-order chi connectivity index (χ0) is 18.6. The van der Waals surface area contributed by atoms with Crippen molar-refractivity contribution < 1.29 is 57.1 Å². The van der Waals surface area contributed by atoms with Crippen molar-refractivity contribution in [3.8, 4) is 0 Å². The molecule has 0 aliphatic carbocycles. The topological polar surface area (TPSA) is 0 Å². The van der Waals surface area contributed by atoms with Crippen LogP contribution in [0, 0.1) is 23.3 Å². The molecule has 0 spiro atoms.